The third-order valence-electron chi connectivity index (χ3n) is 6.63. The van der Waals surface area contributed by atoms with Crippen LogP contribution >= 0.6 is 0 Å². The molecule has 0 spiro atoms. The molecule has 0 saturated heterocycles. The molecule has 0 radical (unpaired) electrons. The minimum atomic E-state index is -3.67. The summed E-state index contributed by atoms with van der Waals surface area (Å²) in [7, 11) is -2.24. The van der Waals surface area contributed by atoms with Crippen molar-refractivity contribution in [2.45, 2.75) is 29.6 Å². The van der Waals surface area contributed by atoms with Crippen molar-refractivity contribution in [1.82, 2.24) is 9.29 Å². The van der Waals surface area contributed by atoms with E-state index in [-0.39, 0.29) is 37.0 Å². The second kappa shape index (κ2) is 9.07. The van der Waals surface area contributed by atoms with E-state index in [0.717, 1.165) is 28.3 Å². The Kier molecular flexibility index (Phi) is 6.08. The Hall–Kier alpha value is -3.27. The monoisotopic (exact) mass is 494 g/mol. The highest BCUT2D eigenvalue weighted by Gasteiger charge is 2.51. The third kappa shape index (κ3) is 4.42. The van der Waals surface area contributed by atoms with Gasteiger partial charge in [-0.3, -0.25) is 9.78 Å². The zero-order valence-electron chi connectivity index (χ0n) is 19.3. The molecule has 1 saturated carbocycles. The van der Waals surface area contributed by atoms with Crippen LogP contribution < -0.4 is 9.47 Å². The molecule has 8 nitrogen and oxygen atoms in total. The van der Waals surface area contributed by atoms with Crippen LogP contribution in [-0.4, -0.2) is 55.6 Å². The Balaban J connectivity index is 1.33. The van der Waals surface area contributed by atoms with E-state index in [9.17, 15) is 13.2 Å². The van der Waals surface area contributed by atoms with Crippen LogP contribution in [0.5, 0.6) is 11.5 Å². The predicted molar refractivity (Wildman–Crippen MR) is 129 cm³/mol. The summed E-state index contributed by atoms with van der Waals surface area (Å²) in [6.07, 6.45) is 1.80. The number of aliphatic hydroxyl groups is 1. The smallest absolute Gasteiger partial charge is 0.242 e. The zero-order chi connectivity index (χ0) is 24.6. The van der Waals surface area contributed by atoms with Gasteiger partial charge in [-0.15, -0.1) is 0 Å². The van der Waals surface area contributed by atoms with Crippen molar-refractivity contribution < 1.29 is 27.8 Å². The van der Waals surface area contributed by atoms with Crippen LogP contribution in [0.1, 0.15) is 24.1 Å². The first kappa shape index (κ1) is 23.5. The van der Waals surface area contributed by atoms with Crippen molar-refractivity contribution in [3.8, 4) is 22.8 Å². The van der Waals surface area contributed by atoms with E-state index < -0.39 is 15.4 Å². The standard InChI is InChI=1S/C26H26N2O6S/c1-28(13-14-29)35(31,32)21-8-5-18(6-9-21)22-4-2-3-20(27-22)16-25(30)26(11-12-26)19-7-10-23-24(15-19)34-17-33-23/h2-10,15,29H,11-14,16-17H2,1H3. The molecule has 1 aliphatic heterocycles. The summed E-state index contributed by atoms with van der Waals surface area (Å²) in [5, 5.41) is 9.03. The molecule has 5 rings (SSSR count). The van der Waals surface area contributed by atoms with Gasteiger partial charge in [-0.1, -0.05) is 24.3 Å². The lowest BCUT2D eigenvalue weighted by atomic mass is 9.88. The quantitative estimate of drug-likeness (QED) is 0.488. The lowest BCUT2D eigenvalue weighted by molar-refractivity contribution is -0.120. The number of Topliss-reactive ketones (excluding diaryl/α,β-unsaturated/α-hetero) is 1. The van der Waals surface area contributed by atoms with E-state index in [4.69, 9.17) is 14.6 Å². The number of pyridine rings is 1. The van der Waals surface area contributed by atoms with E-state index in [2.05, 4.69) is 4.98 Å². The van der Waals surface area contributed by atoms with Crippen LogP contribution in [0.25, 0.3) is 11.3 Å². The molecule has 0 unspecified atom stereocenters. The average molecular weight is 495 g/mol. The number of carbonyl (C=O) groups is 1. The van der Waals surface area contributed by atoms with Gasteiger partial charge >= 0.3 is 0 Å². The van der Waals surface area contributed by atoms with E-state index in [1.54, 1.807) is 12.1 Å². The second-order valence-corrected chi connectivity index (χ2v) is 10.9. The molecule has 2 heterocycles. The van der Waals surface area contributed by atoms with Gasteiger partial charge in [0.25, 0.3) is 0 Å². The summed E-state index contributed by atoms with van der Waals surface area (Å²) in [5.41, 5.74) is 2.52. The molecular weight excluding hydrogens is 468 g/mol. The Morgan fingerprint density at radius 1 is 1.06 bits per heavy atom. The largest absolute Gasteiger partial charge is 0.454 e. The molecule has 2 aromatic carbocycles. The van der Waals surface area contributed by atoms with Crippen molar-refractivity contribution in [1.29, 1.82) is 0 Å². The highest BCUT2D eigenvalue weighted by atomic mass is 32.2. The number of benzene rings is 2. The highest BCUT2D eigenvalue weighted by molar-refractivity contribution is 7.89. The Morgan fingerprint density at radius 3 is 2.51 bits per heavy atom. The Morgan fingerprint density at radius 2 is 1.80 bits per heavy atom. The van der Waals surface area contributed by atoms with Gasteiger partial charge < -0.3 is 14.6 Å². The first-order valence-electron chi connectivity index (χ1n) is 11.4. The fraction of sp³-hybridized carbons (Fsp3) is 0.308. The molecule has 0 atom stereocenters. The van der Waals surface area contributed by atoms with Gasteiger partial charge in [0.05, 0.1) is 22.6 Å². The molecule has 1 fully saturated rings. The molecule has 1 aromatic heterocycles. The topological polar surface area (TPSA) is 106 Å². The second-order valence-electron chi connectivity index (χ2n) is 8.84. The zero-order valence-corrected chi connectivity index (χ0v) is 20.1. The van der Waals surface area contributed by atoms with E-state index in [1.165, 1.54) is 19.2 Å². The van der Waals surface area contributed by atoms with Crippen molar-refractivity contribution in [3.05, 3.63) is 71.9 Å². The molecule has 0 amide bonds. The number of hydrogen-bond acceptors (Lipinski definition) is 7. The molecule has 1 N–H and O–H groups in total. The normalized spacial score (nSPS) is 15.9. The van der Waals surface area contributed by atoms with Gasteiger partial charge in [0.1, 0.15) is 5.78 Å². The highest BCUT2D eigenvalue weighted by Crippen LogP contribution is 2.51. The van der Waals surface area contributed by atoms with Gasteiger partial charge in [0.15, 0.2) is 11.5 Å². The van der Waals surface area contributed by atoms with E-state index >= 15 is 0 Å². The SMILES string of the molecule is CN(CCO)S(=O)(=O)c1ccc(-c2cccc(CC(=O)C3(c4ccc5c(c4)OCO5)CC3)n2)cc1. The molecule has 3 aromatic rings. The van der Waals surface area contributed by atoms with Crippen LogP contribution in [0.15, 0.2) is 65.6 Å². The van der Waals surface area contributed by atoms with Crippen molar-refractivity contribution in [2.75, 3.05) is 27.0 Å². The van der Waals surface area contributed by atoms with Crippen molar-refractivity contribution in [3.63, 3.8) is 0 Å². The number of rotatable bonds is 9. The lowest BCUT2D eigenvalue weighted by Gasteiger charge is -2.16. The molecular formula is C26H26N2O6S. The van der Waals surface area contributed by atoms with Crippen LogP contribution in [0, 0.1) is 0 Å². The number of likely N-dealkylation sites (N-methyl/N-ethyl adjacent to an activating group) is 1. The fourth-order valence-corrected chi connectivity index (χ4v) is 5.52. The number of ketones is 1. The minimum Gasteiger partial charge on any atom is -0.454 e. The third-order valence-corrected chi connectivity index (χ3v) is 8.50. The van der Waals surface area contributed by atoms with E-state index in [0.29, 0.717) is 22.9 Å². The number of carbonyl (C=O) groups excluding carboxylic acids is 1. The molecule has 2 aliphatic rings. The summed E-state index contributed by atoms with van der Waals surface area (Å²) in [6, 6.07) is 17.7. The number of aliphatic hydroxyl groups excluding tert-OH is 1. The summed E-state index contributed by atoms with van der Waals surface area (Å²) in [4.78, 5) is 18.1. The first-order valence-corrected chi connectivity index (χ1v) is 12.8. The van der Waals surface area contributed by atoms with Crippen LogP contribution in [0.2, 0.25) is 0 Å². The molecule has 0 bridgehead atoms. The van der Waals surface area contributed by atoms with E-state index in [1.807, 2.05) is 36.4 Å². The van der Waals surface area contributed by atoms with Gasteiger partial charge in [0, 0.05) is 31.3 Å². The number of nitrogens with zero attached hydrogens (tertiary/aromatic N) is 2. The van der Waals surface area contributed by atoms with Crippen LogP contribution in [0.3, 0.4) is 0 Å². The van der Waals surface area contributed by atoms with Crippen LogP contribution in [-0.2, 0) is 26.7 Å². The fourth-order valence-electron chi connectivity index (χ4n) is 4.36. The summed E-state index contributed by atoms with van der Waals surface area (Å²) >= 11 is 0. The number of sulfonamides is 1. The first-order chi connectivity index (χ1) is 16.8. The average Bonchev–Trinajstić information content (AvgIpc) is 3.55. The predicted octanol–water partition coefficient (Wildman–Crippen LogP) is 2.93. The maximum atomic E-state index is 13.3. The Labute approximate surface area is 204 Å². The van der Waals surface area contributed by atoms with Crippen molar-refractivity contribution in [2.24, 2.45) is 0 Å². The van der Waals surface area contributed by atoms with Gasteiger partial charge in [0.2, 0.25) is 16.8 Å². The van der Waals surface area contributed by atoms with Crippen molar-refractivity contribution >= 4 is 15.8 Å². The van der Waals surface area contributed by atoms with Gasteiger partial charge in [-0.05, 0) is 54.8 Å². The van der Waals surface area contributed by atoms with Gasteiger partial charge in [-0.25, -0.2) is 8.42 Å². The molecule has 35 heavy (non-hydrogen) atoms. The summed E-state index contributed by atoms with van der Waals surface area (Å²) in [6.45, 7) is -0.0304. The number of ether oxygens (including phenoxy) is 2. The van der Waals surface area contributed by atoms with Crippen LogP contribution in [0.4, 0.5) is 0 Å². The Bertz CT molecular complexity index is 1370. The maximum Gasteiger partial charge on any atom is 0.242 e. The number of hydrogen-bond donors (Lipinski definition) is 1. The number of aromatic nitrogens is 1. The maximum absolute atomic E-state index is 13.3. The summed E-state index contributed by atoms with van der Waals surface area (Å²) in [5.74, 6) is 1.49. The molecule has 182 valence electrons. The van der Waals surface area contributed by atoms with Gasteiger partial charge in [-0.2, -0.15) is 4.31 Å². The lowest BCUT2D eigenvalue weighted by Crippen LogP contribution is -2.29. The molecule has 1 aliphatic carbocycles. The minimum absolute atomic E-state index is 0.0233. The molecule has 9 heteroatoms. The summed E-state index contributed by atoms with van der Waals surface area (Å²) < 4.78 is 37.1. The number of fused-ring (bicyclic) bond motifs is 1.